The highest BCUT2D eigenvalue weighted by Crippen LogP contribution is 2.27. The molecule has 0 radical (unpaired) electrons. The van der Waals surface area contributed by atoms with Crippen LogP contribution in [0.15, 0.2) is 46.9 Å². The maximum Gasteiger partial charge on any atom is 0.0511 e. The lowest BCUT2D eigenvalue weighted by Gasteiger charge is -2.20. The summed E-state index contributed by atoms with van der Waals surface area (Å²) < 4.78 is 1.10. The van der Waals surface area contributed by atoms with Crippen molar-refractivity contribution in [1.82, 2.24) is 0 Å². The SMILES string of the molecule is CCC(Nc1cc(Cl)ccc1C)c1ccc(Br)cc1. The summed E-state index contributed by atoms with van der Waals surface area (Å²) in [4.78, 5) is 0. The van der Waals surface area contributed by atoms with Crippen LogP contribution in [0, 0.1) is 6.92 Å². The molecule has 0 saturated heterocycles. The minimum absolute atomic E-state index is 0.297. The van der Waals surface area contributed by atoms with Crippen molar-refractivity contribution in [3.63, 3.8) is 0 Å². The smallest absolute Gasteiger partial charge is 0.0511 e. The fourth-order valence-corrected chi connectivity index (χ4v) is 2.49. The Morgan fingerprint density at radius 3 is 2.47 bits per heavy atom. The number of hydrogen-bond donors (Lipinski definition) is 1. The van der Waals surface area contributed by atoms with Crippen molar-refractivity contribution in [2.75, 3.05) is 5.32 Å². The molecule has 100 valence electrons. The third-order valence-electron chi connectivity index (χ3n) is 3.21. The molecule has 1 N–H and O–H groups in total. The van der Waals surface area contributed by atoms with Gasteiger partial charge in [0.15, 0.2) is 0 Å². The van der Waals surface area contributed by atoms with E-state index in [2.05, 4.69) is 59.4 Å². The lowest BCUT2D eigenvalue weighted by molar-refractivity contribution is 0.748. The summed E-state index contributed by atoms with van der Waals surface area (Å²) in [5, 5.41) is 4.34. The van der Waals surface area contributed by atoms with Crippen LogP contribution in [0.3, 0.4) is 0 Å². The van der Waals surface area contributed by atoms with Crippen molar-refractivity contribution in [2.24, 2.45) is 0 Å². The van der Waals surface area contributed by atoms with Crippen LogP contribution in [-0.4, -0.2) is 0 Å². The summed E-state index contributed by atoms with van der Waals surface area (Å²) in [6.07, 6.45) is 1.02. The maximum absolute atomic E-state index is 6.06. The summed E-state index contributed by atoms with van der Waals surface area (Å²) in [7, 11) is 0. The minimum atomic E-state index is 0.297. The van der Waals surface area contributed by atoms with E-state index in [1.165, 1.54) is 11.1 Å². The van der Waals surface area contributed by atoms with Crippen molar-refractivity contribution in [3.05, 3.63) is 63.1 Å². The fraction of sp³-hybridized carbons (Fsp3) is 0.250. The Bertz CT molecular complexity index is 551. The molecule has 0 aromatic heterocycles. The zero-order chi connectivity index (χ0) is 13.8. The van der Waals surface area contributed by atoms with Crippen LogP contribution < -0.4 is 5.32 Å². The molecule has 3 heteroatoms. The first-order chi connectivity index (χ1) is 9.10. The first kappa shape index (κ1) is 14.4. The van der Waals surface area contributed by atoms with E-state index >= 15 is 0 Å². The van der Waals surface area contributed by atoms with Crippen molar-refractivity contribution in [1.29, 1.82) is 0 Å². The van der Waals surface area contributed by atoms with E-state index in [4.69, 9.17) is 11.6 Å². The highest BCUT2D eigenvalue weighted by Gasteiger charge is 2.10. The van der Waals surface area contributed by atoms with Gasteiger partial charge in [0.25, 0.3) is 0 Å². The average Bonchev–Trinajstić information content (AvgIpc) is 2.41. The van der Waals surface area contributed by atoms with Gasteiger partial charge in [0.2, 0.25) is 0 Å². The molecule has 0 amide bonds. The summed E-state index contributed by atoms with van der Waals surface area (Å²) >= 11 is 9.53. The lowest BCUT2D eigenvalue weighted by atomic mass is 10.0. The number of nitrogens with one attached hydrogen (secondary N) is 1. The molecule has 0 fully saturated rings. The molecular formula is C16H17BrClN. The van der Waals surface area contributed by atoms with Crippen molar-refractivity contribution >= 4 is 33.2 Å². The van der Waals surface area contributed by atoms with E-state index < -0.39 is 0 Å². The molecule has 2 aromatic carbocycles. The molecular weight excluding hydrogens is 322 g/mol. The average molecular weight is 339 g/mol. The minimum Gasteiger partial charge on any atom is -0.378 e. The van der Waals surface area contributed by atoms with E-state index in [-0.39, 0.29) is 0 Å². The van der Waals surface area contributed by atoms with Crippen molar-refractivity contribution < 1.29 is 0 Å². The van der Waals surface area contributed by atoms with E-state index in [1.807, 2.05) is 18.2 Å². The highest BCUT2D eigenvalue weighted by molar-refractivity contribution is 9.10. The normalized spacial score (nSPS) is 12.2. The first-order valence-electron chi connectivity index (χ1n) is 6.38. The Labute approximate surface area is 128 Å². The number of halogens is 2. The van der Waals surface area contributed by atoms with Gasteiger partial charge in [-0.05, 0) is 48.7 Å². The van der Waals surface area contributed by atoms with Crippen LogP contribution >= 0.6 is 27.5 Å². The Morgan fingerprint density at radius 1 is 1.16 bits per heavy atom. The second kappa shape index (κ2) is 6.44. The molecule has 19 heavy (non-hydrogen) atoms. The van der Waals surface area contributed by atoms with E-state index in [1.54, 1.807) is 0 Å². The van der Waals surface area contributed by atoms with Gasteiger partial charge >= 0.3 is 0 Å². The summed E-state index contributed by atoms with van der Waals surface area (Å²) in [5.74, 6) is 0. The van der Waals surface area contributed by atoms with Crippen LogP contribution in [0.4, 0.5) is 5.69 Å². The third-order valence-corrected chi connectivity index (χ3v) is 3.97. The van der Waals surface area contributed by atoms with Crippen LogP contribution in [0.1, 0.15) is 30.5 Å². The largest absolute Gasteiger partial charge is 0.378 e. The van der Waals surface area contributed by atoms with E-state index in [0.717, 1.165) is 21.6 Å². The summed E-state index contributed by atoms with van der Waals surface area (Å²) in [6.45, 7) is 4.27. The Morgan fingerprint density at radius 2 is 1.84 bits per heavy atom. The molecule has 0 heterocycles. The first-order valence-corrected chi connectivity index (χ1v) is 7.55. The van der Waals surface area contributed by atoms with Crippen LogP contribution in [-0.2, 0) is 0 Å². The Kier molecular flexibility index (Phi) is 4.89. The van der Waals surface area contributed by atoms with Gasteiger partial charge in [-0.25, -0.2) is 0 Å². The predicted molar refractivity (Wildman–Crippen MR) is 87.0 cm³/mol. The molecule has 0 saturated carbocycles. The summed E-state index contributed by atoms with van der Waals surface area (Å²) in [5.41, 5.74) is 3.59. The second-order valence-corrected chi connectivity index (χ2v) is 5.97. The van der Waals surface area contributed by atoms with Gasteiger partial charge in [-0.3, -0.25) is 0 Å². The molecule has 0 spiro atoms. The molecule has 1 nitrogen and oxygen atoms in total. The Balaban J connectivity index is 2.23. The highest BCUT2D eigenvalue weighted by atomic mass is 79.9. The fourth-order valence-electron chi connectivity index (χ4n) is 2.05. The molecule has 2 aromatic rings. The monoisotopic (exact) mass is 337 g/mol. The predicted octanol–water partition coefficient (Wildman–Crippen LogP) is 5.97. The molecule has 1 unspecified atom stereocenters. The quantitative estimate of drug-likeness (QED) is 0.723. The maximum atomic E-state index is 6.06. The van der Waals surface area contributed by atoms with E-state index in [0.29, 0.717) is 6.04 Å². The van der Waals surface area contributed by atoms with E-state index in [9.17, 15) is 0 Å². The van der Waals surface area contributed by atoms with Crippen molar-refractivity contribution in [3.8, 4) is 0 Å². The van der Waals surface area contributed by atoms with Crippen molar-refractivity contribution in [2.45, 2.75) is 26.3 Å². The molecule has 0 bridgehead atoms. The van der Waals surface area contributed by atoms with Gasteiger partial charge in [-0.15, -0.1) is 0 Å². The topological polar surface area (TPSA) is 12.0 Å². The van der Waals surface area contributed by atoms with Gasteiger partial charge in [0.05, 0.1) is 6.04 Å². The van der Waals surface area contributed by atoms with Gasteiger partial charge < -0.3 is 5.32 Å². The lowest BCUT2D eigenvalue weighted by Crippen LogP contribution is -2.10. The van der Waals surface area contributed by atoms with Crippen LogP contribution in [0.25, 0.3) is 0 Å². The van der Waals surface area contributed by atoms with Gasteiger partial charge in [-0.1, -0.05) is 52.7 Å². The van der Waals surface area contributed by atoms with Gasteiger partial charge in [-0.2, -0.15) is 0 Å². The summed E-state index contributed by atoms with van der Waals surface area (Å²) in [6, 6.07) is 14.7. The molecule has 0 aliphatic rings. The zero-order valence-electron chi connectivity index (χ0n) is 11.1. The number of benzene rings is 2. The molecule has 1 atom stereocenters. The van der Waals surface area contributed by atoms with Crippen LogP contribution in [0.2, 0.25) is 5.02 Å². The standard InChI is InChI=1S/C16H17BrClN/c1-3-15(12-5-7-13(17)8-6-12)19-16-10-14(18)9-4-11(16)2/h4-10,15,19H,3H2,1-2H3. The third kappa shape index (κ3) is 3.74. The number of rotatable bonds is 4. The zero-order valence-corrected chi connectivity index (χ0v) is 13.4. The number of anilines is 1. The molecule has 0 aliphatic heterocycles. The Hall–Kier alpha value is -0.990. The number of hydrogen-bond acceptors (Lipinski definition) is 1. The number of aryl methyl sites for hydroxylation is 1. The molecule has 2 rings (SSSR count). The van der Waals surface area contributed by atoms with Gasteiger partial charge in [0.1, 0.15) is 0 Å². The van der Waals surface area contributed by atoms with Gasteiger partial charge in [0, 0.05) is 15.2 Å². The van der Waals surface area contributed by atoms with Crippen LogP contribution in [0.5, 0.6) is 0 Å². The second-order valence-electron chi connectivity index (χ2n) is 4.62. The molecule has 0 aliphatic carbocycles.